The van der Waals surface area contributed by atoms with Crippen molar-refractivity contribution >= 4 is 21.7 Å². The number of carbonyl (C=O) groups is 1. The fourth-order valence-corrected chi connectivity index (χ4v) is 4.87. The zero-order valence-electron chi connectivity index (χ0n) is 14.0. The van der Waals surface area contributed by atoms with Crippen molar-refractivity contribution in [1.82, 2.24) is 4.31 Å². The Morgan fingerprint density at radius 2 is 2.00 bits per heavy atom. The number of hydrogen-bond acceptors (Lipinski definition) is 4. The molecule has 0 saturated carbocycles. The average Bonchev–Trinajstić information content (AvgIpc) is 2.46. The summed E-state index contributed by atoms with van der Waals surface area (Å²) < 4.78 is 27.3. The van der Waals surface area contributed by atoms with Gasteiger partial charge in [-0.3, -0.25) is 4.79 Å². The second-order valence-corrected chi connectivity index (χ2v) is 8.18. The molecule has 1 saturated heterocycles. The zero-order chi connectivity index (χ0) is 17.4. The summed E-state index contributed by atoms with van der Waals surface area (Å²) in [4.78, 5) is 13.4. The largest absolute Gasteiger partial charge is 0.481 e. The quantitative estimate of drug-likeness (QED) is 0.906. The van der Waals surface area contributed by atoms with Gasteiger partial charge in [0, 0.05) is 32.4 Å². The molecule has 2 rings (SSSR count). The topological polar surface area (TPSA) is 77.9 Å². The molecule has 0 unspecified atom stereocenters. The first-order valence-corrected chi connectivity index (χ1v) is 9.13. The molecule has 2 atom stereocenters. The lowest BCUT2D eigenvalue weighted by molar-refractivity contribution is -0.144. The Morgan fingerprint density at radius 1 is 1.35 bits per heavy atom. The summed E-state index contributed by atoms with van der Waals surface area (Å²) in [5, 5.41) is 9.29. The number of carboxylic acids is 1. The Morgan fingerprint density at radius 3 is 2.57 bits per heavy atom. The summed E-state index contributed by atoms with van der Waals surface area (Å²) in [6, 6.07) is 4.48. The summed E-state index contributed by atoms with van der Waals surface area (Å²) in [6.45, 7) is 3.96. The first-order chi connectivity index (χ1) is 10.7. The van der Waals surface area contributed by atoms with Crippen molar-refractivity contribution in [2.75, 3.05) is 25.5 Å². The molecule has 0 bridgehead atoms. The van der Waals surface area contributed by atoms with Gasteiger partial charge in [-0.05, 0) is 44.4 Å². The van der Waals surface area contributed by atoms with Crippen molar-refractivity contribution < 1.29 is 18.3 Å². The van der Waals surface area contributed by atoms with Crippen LogP contribution in [-0.2, 0) is 14.8 Å². The maximum atomic E-state index is 13.0. The molecule has 7 heteroatoms. The highest BCUT2D eigenvalue weighted by Crippen LogP contribution is 2.31. The number of piperidine rings is 1. The predicted octanol–water partition coefficient (Wildman–Crippen LogP) is 1.93. The lowest BCUT2D eigenvalue weighted by Gasteiger charge is -2.36. The minimum absolute atomic E-state index is 0.213. The van der Waals surface area contributed by atoms with Crippen LogP contribution in [0.2, 0.25) is 0 Å². The van der Waals surface area contributed by atoms with Crippen molar-refractivity contribution in [1.29, 1.82) is 0 Å². The first-order valence-electron chi connectivity index (χ1n) is 7.69. The van der Waals surface area contributed by atoms with Crippen LogP contribution in [0.4, 0.5) is 5.69 Å². The first kappa shape index (κ1) is 17.7. The Bertz CT molecular complexity index is 700. The normalized spacial score (nSPS) is 22.8. The van der Waals surface area contributed by atoms with E-state index in [1.807, 2.05) is 25.9 Å². The number of rotatable bonds is 4. The van der Waals surface area contributed by atoms with Gasteiger partial charge in [0.2, 0.25) is 10.0 Å². The number of hydrogen-bond donors (Lipinski definition) is 1. The fraction of sp³-hybridized carbons (Fsp3) is 0.562. The summed E-state index contributed by atoms with van der Waals surface area (Å²) in [5.74, 6) is -1.59. The van der Waals surface area contributed by atoms with Gasteiger partial charge in [-0.2, -0.15) is 4.31 Å². The van der Waals surface area contributed by atoms with Gasteiger partial charge in [0.05, 0.1) is 10.8 Å². The molecule has 0 amide bonds. The van der Waals surface area contributed by atoms with E-state index in [0.717, 1.165) is 11.3 Å². The number of benzene rings is 1. The Balaban J connectivity index is 2.42. The monoisotopic (exact) mass is 340 g/mol. The van der Waals surface area contributed by atoms with Gasteiger partial charge in [-0.1, -0.05) is 6.07 Å². The van der Waals surface area contributed by atoms with Crippen LogP contribution in [0.1, 0.15) is 25.3 Å². The smallest absolute Gasteiger partial charge is 0.308 e. The van der Waals surface area contributed by atoms with Crippen LogP contribution in [0.25, 0.3) is 0 Å². The van der Waals surface area contributed by atoms with Crippen LogP contribution in [0.3, 0.4) is 0 Å². The molecule has 0 aromatic heterocycles. The molecule has 1 fully saturated rings. The number of carboxylic acid groups (broad SMARTS) is 1. The van der Waals surface area contributed by atoms with Gasteiger partial charge >= 0.3 is 5.97 Å². The van der Waals surface area contributed by atoms with Gasteiger partial charge in [0.1, 0.15) is 0 Å². The van der Waals surface area contributed by atoms with Gasteiger partial charge < -0.3 is 10.0 Å². The number of anilines is 1. The molecule has 128 valence electrons. The highest BCUT2D eigenvalue weighted by Gasteiger charge is 2.39. The highest BCUT2D eigenvalue weighted by molar-refractivity contribution is 7.89. The molecule has 1 N–H and O–H groups in total. The van der Waals surface area contributed by atoms with Gasteiger partial charge in [0.15, 0.2) is 0 Å². The fourth-order valence-electron chi connectivity index (χ4n) is 3.15. The van der Waals surface area contributed by atoms with Gasteiger partial charge in [-0.15, -0.1) is 0 Å². The Hall–Kier alpha value is -1.60. The lowest BCUT2D eigenvalue weighted by Crippen LogP contribution is -2.49. The van der Waals surface area contributed by atoms with E-state index in [9.17, 15) is 18.3 Å². The molecule has 1 aromatic rings. The zero-order valence-corrected chi connectivity index (χ0v) is 14.8. The van der Waals surface area contributed by atoms with Crippen molar-refractivity contribution in [2.24, 2.45) is 5.92 Å². The minimum atomic E-state index is -3.71. The van der Waals surface area contributed by atoms with Crippen LogP contribution in [0.15, 0.2) is 23.1 Å². The summed E-state index contributed by atoms with van der Waals surface area (Å²) in [6.07, 6.45) is 1.08. The third-order valence-electron chi connectivity index (χ3n) is 4.52. The van der Waals surface area contributed by atoms with Crippen LogP contribution in [-0.4, -0.2) is 50.5 Å². The average molecular weight is 340 g/mol. The number of aryl methyl sites for hydroxylation is 1. The Kier molecular flexibility index (Phi) is 5.01. The van der Waals surface area contributed by atoms with E-state index in [1.165, 1.54) is 4.31 Å². The number of aliphatic carboxylic acids is 1. The molecule has 1 aliphatic rings. The molecular weight excluding hydrogens is 316 g/mol. The lowest BCUT2D eigenvalue weighted by atomic mass is 9.92. The maximum Gasteiger partial charge on any atom is 0.308 e. The molecule has 1 heterocycles. The van der Waals surface area contributed by atoms with Crippen molar-refractivity contribution in [3.05, 3.63) is 23.8 Å². The number of nitrogens with zero attached hydrogens (tertiary/aromatic N) is 2. The van der Waals surface area contributed by atoms with Crippen LogP contribution >= 0.6 is 0 Å². The summed E-state index contributed by atoms with van der Waals surface area (Å²) >= 11 is 0. The third-order valence-corrected chi connectivity index (χ3v) is 6.50. The van der Waals surface area contributed by atoms with E-state index < -0.39 is 28.0 Å². The van der Waals surface area contributed by atoms with Crippen molar-refractivity contribution in [3.63, 3.8) is 0 Å². The van der Waals surface area contributed by atoms with E-state index in [2.05, 4.69) is 0 Å². The van der Waals surface area contributed by atoms with E-state index in [4.69, 9.17) is 0 Å². The molecule has 0 aliphatic carbocycles. The second-order valence-electron chi connectivity index (χ2n) is 6.29. The van der Waals surface area contributed by atoms with E-state index in [0.29, 0.717) is 19.4 Å². The van der Waals surface area contributed by atoms with E-state index in [-0.39, 0.29) is 4.90 Å². The SMILES string of the molecule is Cc1ccc(S(=O)(=O)N2CCC[C@@H](C(=O)O)[C@H]2C)cc1N(C)C. The van der Waals surface area contributed by atoms with Gasteiger partial charge in [0.25, 0.3) is 0 Å². The van der Waals surface area contributed by atoms with Crippen LogP contribution in [0.5, 0.6) is 0 Å². The van der Waals surface area contributed by atoms with Crippen molar-refractivity contribution in [2.45, 2.75) is 37.6 Å². The van der Waals surface area contributed by atoms with Crippen LogP contribution in [0, 0.1) is 12.8 Å². The third kappa shape index (κ3) is 3.35. The Labute approximate surface area is 137 Å². The van der Waals surface area contributed by atoms with E-state index in [1.54, 1.807) is 25.1 Å². The summed E-state index contributed by atoms with van der Waals surface area (Å²) in [5.41, 5.74) is 1.83. The van der Waals surface area contributed by atoms with Crippen LogP contribution < -0.4 is 4.90 Å². The maximum absolute atomic E-state index is 13.0. The molecule has 0 spiro atoms. The standard InChI is InChI=1S/C16H24N2O4S/c1-11-7-8-13(10-15(11)17(3)4)23(21,22)18-9-5-6-14(12(18)2)16(19)20/h7-8,10,12,14H,5-6,9H2,1-4H3,(H,19,20)/t12-,14-/m1/s1. The molecule has 1 aliphatic heterocycles. The molecule has 6 nitrogen and oxygen atoms in total. The second kappa shape index (κ2) is 6.49. The minimum Gasteiger partial charge on any atom is -0.481 e. The molecule has 0 radical (unpaired) electrons. The molecular formula is C16H24N2O4S. The van der Waals surface area contributed by atoms with Gasteiger partial charge in [-0.25, -0.2) is 8.42 Å². The summed E-state index contributed by atoms with van der Waals surface area (Å²) in [7, 11) is 0.0205. The molecule has 23 heavy (non-hydrogen) atoms. The predicted molar refractivity (Wildman–Crippen MR) is 89.2 cm³/mol. The van der Waals surface area contributed by atoms with Crippen molar-refractivity contribution in [3.8, 4) is 0 Å². The molecule has 1 aromatic carbocycles. The number of sulfonamides is 1. The highest BCUT2D eigenvalue weighted by atomic mass is 32.2. The van der Waals surface area contributed by atoms with E-state index >= 15 is 0 Å².